The Hall–Kier alpha value is -2.99. The fourth-order valence-corrected chi connectivity index (χ4v) is 4.33. The molecule has 30 heavy (non-hydrogen) atoms. The average molecular weight is 419 g/mol. The van der Waals surface area contributed by atoms with Crippen molar-refractivity contribution in [1.29, 1.82) is 0 Å². The number of nitrogens with zero attached hydrogens (tertiary/aromatic N) is 2. The fourth-order valence-electron chi connectivity index (χ4n) is 3.51. The second-order valence-electron chi connectivity index (χ2n) is 7.64. The van der Waals surface area contributed by atoms with Crippen LogP contribution in [0.2, 0.25) is 0 Å². The molecule has 2 unspecified atom stereocenters. The molecule has 0 aliphatic rings. The standard InChI is InChI=1S/C24H26N4OS/c1-3-16(2)23(24-26-19-11-7-8-12-20(19)27-24)28-21(29)14-18-15-30-22(25-18)13-17-9-5-4-6-10-17/h4-12,15-16,23H,3,13-14H2,1-2H3,(H,26,27)(H,28,29). The van der Waals surface area contributed by atoms with Crippen molar-refractivity contribution in [3.8, 4) is 0 Å². The molecule has 0 fully saturated rings. The van der Waals surface area contributed by atoms with E-state index < -0.39 is 0 Å². The van der Waals surface area contributed by atoms with Gasteiger partial charge in [0.2, 0.25) is 5.91 Å². The van der Waals surface area contributed by atoms with Crippen LogP contribution in [0, 0.1) is 5.92 Å². The van der Waals surface area contributed by atoms with Crippen molar-refractivity contribution in [2.45, 2.75) is 39.2 Å². The maximum atomic E-state index is 12.8. The van der Waals surface area contributed by atoms with Gasteiger partial charge in [-0.05, 0) is 23.6 Å². The van der Waals surface area contributed by atoms with Gasteiger partial charge >= 0.3 is 0 Å². The highest BCUT2D eigenvalue weighted by Crippen LogP contribution is 2.25. The number of rotatable bonds is 8. The molecule has 154 valence electrons. The van der Waals surface area contributed by atoms with E-state index in [1.807, 2.05) is 47.8 Å². The first-order valence-electron chi connectivity index (χ1n) is 10.3. The summed E-state index contributed by atoms with van der Waals surface area (Å²) >= 11 is 1.61. The molecule has 2 N–H and O–H groups in total. The van der Waals surface area contributed by atoms with E-state index in [9.17, 15) is 4.79 Å². The van der Waals surface area contributed by atoms with Gasteiger partial charge in [0, 0.05) is 11.8 Å². The largest absolute Gasteiger partial charge is 0.346 e. The quantitative estimate of drug-likeness (QED) is 0.420. The zero-order chi connectivity index (χ0) is 20.9. The number of imidazole rings is 1. The number of amides is 1. The Bertz CT molecular complexity index is 1090. The molecule has 2 heterocycles. The predicted octanol–water partition coefficient (Wildman–Crippen LogP) is 5.06. The fraction of sp³-hybridized carbons (Fsp3) is 0.292. The number of fused-ring (bicyclic) bond motifs is 1. The van der Waals surface area contributed by atoms with Crippen molar-refractivity contribution in [3.63, 3.8) is 0 Å². The van der Waals surface area contributed by atoms with Crippen molar-refractivity contribution < 1.29 is 4.79 Å². The van der Waals surface area contributed by atoms with E-state index in [2.05, 4.69) is 41.3 Å². The van der Waals surface area contributed by atoms with E-state index in [1.165, 1.54) is 5.56 Å². The van der Waals surface area contributed by atoms with Crippen LogP contribution in [-0.2, 0) is 17.6 Å². The summed E-state index contributed by atoms with van der Waals surface area (Å²) in [5.74, 6) is 1.04. The molecule has 2 aromatic carbocycles. The lowest BCUT2D eigenvalue weighted by Crippen LogP contribution is -2.34. The molecule has 0 aliphatic heterocycles. The third-order valence-electron chi connectivity index (χ3n) is 5.37. The van der Waals surface area contributed by atoms with E-state index in [4.69, 9.17) is 4.98 Å². The normalized spacial score (nSPS) is 13.3. The third kappa shape index (κ3) is 4.76. The number of hydrogen-bond acceptors (Lipinski definition) is 4. The Kier molecular flexibility index (Phi) is 6.23. The highest BCUT2D eigenvalue weighted by molar-refractivity contribution is 7.09. The van der Waals surface area contributed by atoms with Crippen LogP contribution in [0.15, 0.2) is 60.0 Å². The third-order valence-corrected chi connectivity index (χ3v) is 6.27. The number of hydrogen-bond donors (Lipinski definition) is 2. The smallest absolute Gasteiger partial charge is 0.226 e. The number of aromatic amines is 1. The SMILES string of the molecule is CCC(C)C(NC(=O)Cc1csc(Cc2ccccc2)n1)c1nc2ccccc2[nH]1. The maximum Gasteiger partial charge on any atom is 0.226 e. The van der Waals surface area contributed by atoms with Crippen LogP contribution in [0.3, 0.4) is 0 Å². The second-order valence-corrected chi connectivity index (χ2v) is 8.58. The van der Waals surface area contributed by atoms with Gasteiger partial charge < -0.3 is 10.3 Å². The van der Waals surface area contributed by atoms with Gasteiger partial charge in [0.05, 0.1) is 34.2 Å². The van der Waals surface area contributed by atoms with Gasteiger partial charge in [-0.15, -0.1) is 11.3 Å². The highest BCUT2D eigenvalue weighted by Gasteiger charge is 2.24. The summed E-state index contributed by atoms with van der Waals surface area (Å²) in [6.45, 7) is 4.27. The van der Waals surface area contributed by atoms with Crippen molar-refractivity contribution in [2.75, 3.05) is 0 Å². The van der Waals surface area contributed by atoms with Crippen LogP contribution in [0.5, 0.6) is 0 Å². The van der Waals surface area contributed by atoms with Crippen molar-refractivity contribution in [3.05, 3.63) is 82.1 Å². The minimum absolute atomic E-state index is 0.0303. The average Bonchev–Trinajstić information content (AvgIpc) is 3.38. The van der Waals surface area contributed by atoms with Gasteiger partial charge in [-0.3, -0.25) is 4.79 Å². The minimum atomic E-state index is -0.155. The molecular formula is C24H26N4OS. The molecule has 4 rings (SSSR count). The second kappa shape index (κ2) is 9.22. The Balaban J connectivity index is 1.44. The van der Waals surface area contributed by atoms with E-state index in [0.717, 1.165) is 40.4 Å². The number of carbonyl (C=O) groups excluding carboxylic acids is 1. The lowest BCUT2D eigenvalue weighted by Gasteiger charge is -2.22. The number of benzene rings is 2. The summed E-state index contributed by atoms with van der Waals surface area (Å²) in [5, 5.41) is 6.20. The molecule has 0 saturated heterocycles. The van der Waals surface area contributed by atoms with Gasteiger partial charge in [0.15, 0.2) is 0 Å². The molecule has 0 saturated carbocycles. The zero-order valence-corrected chi connectivity index (χ0v) is 18.1. The lowest BCUT2D eigenvalue weighted by molar-refractivity contribution is -0.121. The van der Waals surface area contributed by atoms with Crippen molar-refractivity contribution >= 4 is 28.3 Å². The molecule has 4 aromatic rings. The zero-order valence-electron chi connectivity index (χ0n) is 17.3. The molecular weight excluding hydrogens is 392 g/mol. The molecule has 0 bridgehead atoms. The van der Waals surface area contributed by atoms with Crippen LogP contribution in [-0.4, -0.2) is 20.9 Å². The van der Waals surface area contributed by atoms with E-state index in [1.54, 1.807) is 11.3 Å². The van der Waals surface area contributed by atoms with Crippen LogP contribution in [0.25, 0.3) is 11.0 Å². The van der Waals surface area contributed by atoms with Crippen LogP contribution in [0.1, 0.15) is 48.4 Å². The monoisotopic (exact) mass is 418 g/mol. The Morgan fingerprint density at radius 3 is 2.63 bits per heavy atom. The summed E-state index contributed by atoms with van der Waals surface area (Å²) < 4.78 is 0. The first-order valence-corrected chi connectivity index (χ1v) is 11.2. The van der Waals surface area contributed by atoms with Crippen LogP contribution < -0.4 is 5.32 Å². The Morgan fingerprint density at radius 1 is 1.10 bits per heavy atom. The number of aromatic nitrogens is 3. The van der Waals surface area contributed by atoms with Crippen molar-refractivity contribution in [2.24, 2.45) is 5.92 Å². The molecule has 0 radical (unpaired) electrons. The molecule has 5 nitrogen and oxygen atoms in total. The summed E-state index contributed by atoms with van der Waals surface area (Å²) in [5.41, 5.74) is 3.95. The molecule has 0 aliphatic carbocycles. The number of H-pyrrole nitrogens is 1. The molecule has 1 amide bonds. The highest BCUT2D eigenvalue weighted by atomic mass is 32.1. The minimum Gasteiger partial charge on any atom is -0.346 e. The van der Waals surface area contributed by atoms with Gasteiger partial charge in [0.25, 0.3) is 0 Å². The predicted molar refractivity (Wildman–Crippen MR) is 121 cm³/mol. The van der Waals surface area contributed by atoms with Crippen LogP contribution in [0.4, 0.5) is 0 Å². The molecule has 2 atom stereocenters. The number of para-hydroxylation sites is 2. The molecule has 6 heteroatoms. The summed E-state index contributed by atoms with van der Waals surface area (Å²) in [4.78, 5) is 25.6. The van der Waals surface area contributed by atoms with Crippen molar-refractivity contribution in [1.82, 2.24) is 20.3 Å². The van der Waals surface area contributed by atoms with Gasteiger partial charge in [0.1, 0.15) is 5.82 Å². The van der Waals surface area contributed by atoms with Gasteiger partial charge in [-0.1, -0.05) is 62.7 Å². The summed E-state index contributed by atoms with van der Waals surface area (Å²) in [6.07, 6.45) is 2.01. The number of thiazole rings is 1. The maximum absolute atomic E-state index is 12.8. The van der Waals surface area contributed by atoms with E-state index >= 15 is 0 Å². The number of carbonyl (C=O) groups is 1. The number of nitrogens with one attached hydrogen (secondary N) is 2. The first-order chi connectivity index (χ1) is 14.6. The summed E-state index contributed by atoms with van der Waals surface area (Å²) in [7, 11) is 0. The van der Waals surface area contributed by atoms with Gasteiger partial charge in [-0.25, -0.2) is 9.97 Å². The first kappa shape index (κ1) is 20.3. The summed E-state index contributed by atoms with van der Waals surface area (Å²) in [6, 6.07) is 18.0. The molecule has 2 aromatic heterocycles. The van der Waals surface area contributed by atoms with E-state index in [0.29, 0.717) is 0 Å². The lowest BCUT2D eigenvalue weighted by atomic mass is 9.98. The van der Waals surface area contributed by atoms with E-state index in [-0.39, 0.29) is 24.3 Å². The Labute approximate surface area is 180 Å². The molecule has 0 spiro atoms. The van der Waals surface area contributed by atoms with Crippen LogP contribution >= 0.6 is 11.3 Å². The topological polar surface area (TPSA) is 70.7 Å². The Morgan fingerprint density at radius 2 is 1.87 bits per heavy atom. The van der Waals surface area contributed by atoms with Gasteiger partial charge in [-0.2, -0.15) is 0 Å².